The summed E-state index contributed by atoms with van der Waals surface area (Å²) >= 11 is 0. The molecule has 71 heteroatoms. The molecular weight excluding hydrogens is 1780 g/mol. The maximum absolute atomic E-state index is 12.1. The minimum atomic E-state index is -5.54. The molecule has 10 unspecified atom stereocenters. The van der Waals surface area contributed by atoms with Gasteiger partial charge in [0.1, 0.15) is 61.0 Å². The molecule has 0 aliphatic carbocycles. The van der Waals surface area contributed by atoms with Crippen LogP contribution in [0, 0.1) is 0 Å². The molecule has 0 aliphatic heterocycles. The number of aliphatic hydroxyl groups excluding tert-OH is 11. The van der Waals surface area contributed by atoms with Gasteiger partial charge in [0.25, 0.3) is 70.4 Å². The van der Waals surface area contributed by atoms with Crippen LogP contribution in [0.15, 0.2) is 0 Å². The molecule has 107 heavy (non-hydrogen) atoms. The van der Waals surface area contributed by atoms with E-state index in [1.165, 1.54) is 0 Å². The maximum Gasteiger partial charge on any atom is 1.00 e. The SMILES string of the molecule is NCCCCCCOP(=O)(O)OC[C@H](O)COP(=O)([O-])OC[C@H](O)COP(=O)([O-])OC[C@H](O)COP(=O)([O-])OC[C@H](O)COP(=O)([O-])OC[C@H](O)COP(=O)([O-])OC[C@H](O)COP(=O)([O-])OC[C@H](O)COP(=O)([O-])OC[C@H](O)COP(=O)([O-])OC[C@H](O)COP(=O)([O-])OC[C@H](O)CO.[Na+].[Na+].[Na+].[Na+].[Na+].[Na+].[Na+].[Na+].[Na+]. The molecule has 0 saturated carbocycles. The second-order valence-electron chi connectivity index (χ2n) is 18.9. The summed E-state index contributed by atoms with van der Waals surface area (Å²) in [4.78, 5) is 117. The summed E-state index contributed by atoms with van der Waals surface area (Å²) < 4.78 is 206. The van der Waals surface area contributed by atoms with Crippen LogP contribution in [-0.4, -0.2) is 267 Å². The summed E-state index contributed by atoms with van der Waals surface area (Å²) in [5, 5.41) is 106. The van der Waals surface area contributed by atoms with Crippen molar-refractivity contribution in [3.63, 3.8) is 0 Å². The van der Waals surface area contributed by atoms with E-state index in [0.29, 0.717) is 19.4 Å². The van der Waals surface area contributed by atoms with E-state index in [1.807, 2.05) is 0 Å². The van der Waals surface area contributed by atoms with Crippen LogP contribution < -0.4 is 316 Å². The van der Waals surface area contributed by atoms with E-state index in [4.69, 9.17) is 20.5 Å². The molecule has 14 N–H and O–H groups in total. The number of hydrogen-bond donors (Lipinski definition) is 13. The van der Waals surface area contributed by atoms with Gasteiger partial charge in [-0.3, -0.25) is 50.1 Å². The molecule has 0 amide bonds. The van der Waals surface area contributed by atoms with Crippen molar-refractivity contribution in [3.8, 4) is 0 Å². The van der Waals surface area contributed by atoms with Crippen LogP contribution in [0.4, 0.5) is 0 Å². The summed E-state index contributed by atoms with van der Waals surface area (Å²) in [7, 11) is -53.5. The number of rotatable bonds is 65. The van der Waals surface area contributed by atoms with Crippen LogP contribution in [0.1, 0.15) is 25.7 Å². The van der Waals surface area contributed by atoms with Gasteiger partial charge < -0.3 is 192 Å². The molecule has 0 aromatic carbocycles. The zero-order valence-corrected chi connectivity index (χ0v) is 86.4. The number of phosphoric acid groups is 10. The van der Waals surface area contributed by atoms with Crippen molar-refractivity contribution in [3.05, 3.63) is 0 Å². The average Bonchev–Trinajstić information content (AvgIpc) is 0.883. The zero-order valence-electron chi connectivity index (χ0n) is 59.5. The Morgan fingerprint density at radius 2 is 0.355 bits per heavy atom. The first-order valence-electron chi connectivity index (χ1n) is 27.1. The first kappa shape index (κ1) is 137. The molecule has 0 aromatic heterocycles. The number of unbranched alkanes of at least 4 members (excludes halogenated alkanes) is 3. The Labute approximate surface area is 811 Å². The third kappa shape index (κ3) is 82.4. The predicted molar refractivity (Wildman–Crippen MR) is 292 cm³/mol. The predicted octanol–water partition coefficient (Wildman–Crippen LogP) is -37.2. The molecule has 20 atom stereocenters. The van der Waals surface area contributed by atoms with Crippen LogP contribution >= 0.6 is 78.2 Å². The van der Waals surface area contributed by atoms with E-state index in [0.717, 1.165) is 12.8 Å². The van der Waals surface area contributed by atoms with E-state index in [9.17, 15) is 141 Å². The van der Waals surface area contributed by atoms with E-state index >= 15 is 0 Å². The van der Waals surface area contributed by atoms with Crippen molar-refractivity contribution in [2.24, 2.45) is 5.73 Å². The third-order valence-electron chi connectivity index (χ3n) is 9.64. The molecule has 0 aliphatic rings. The minimum absolute atomic E-state index is 0. The van der Waals surface area contributed by atoms with Gasteiger partial charge in [-0.1, -0.05) is 12.8 Å². The molecule has 0 aromatic rings. The van der Waals surface area contributed by atoms with Crippen molar-refractivity contribution in [2.75, 3.05) is 145 Å². The molecule has 0 bridgehead atoms. The van der Waals surface area contributed by atoms with Crippen molar-refractivity contribution >= 4 is 78.2 Å². The Morgan fingerprint density at radius 1 is 0.224 bits per heavy atom. The van der Waals surface area contributed by atoms with Crippen molar-refractivity contribution in [1.29, 1.82) is 0 Å². The molecular formula is C36H76NNa9O51P10. The first-order chi connectivity index (χ1) is 44.9. The van der Waals surface area contributed by atoms with Gasteiger partial charge in [-0.2, -0.15) is 0 Å². The molecule has 0 radical (unpaired) electrons. The van der Waals surface area contributed by atoms with Gasteiger partial charge in [0, 0.05) is 0 Å². The Morgan fingerprint density at radius 3 is 0.495 bits per heavy atom. The largest absolute Gasteiger partial charge is 1.00 e. The number of hydrogen-bond acceptors (Lipinski definition) is 51. The van der Waals surface area contributed by atoms with Crippen LogP contribution in [0.25, 0.3) is 0 Å². The van der Waals surface area contributed by atoms with E-state index in [1.54, 1.807) is 0 Å². The number of aliphatic hydroxyl groups is 11. The van der Waals surface area contributed by atoms with Gasteiger partial charge >= 0.3 is 274 Å². The fourth-order valence-corrected chi connectivity index (χ4v) is 12.9. The minimum Gasteiger partial charge on any atom is -0.756 e. The number of nitrogens with two attached hydrogens (primary N) is 1. The summed E-state index contributed by atoms with van der Waals surface area (Å²) in [6.07, 6.45) is -17.6. The standard InChI is InChI=1S/C36H85NO51P10.9Na/c37-5-3-1-2-4-6-69-89(49,50)71-9-28(40)10-73-91(53,54)75-13-30(42)14-77-93(57,58)79-17-32(44)18-81-95(61,62)83-21-34(46)22-85-97(65,66)87-25-36(48)26-88-98(67,68)86-24-35(47)23-84-96(63,64)82-20-33(45)19-80-94(59,60)78-16-31(43)15-76-92(55,56)74-12-29(41)11-72-90(51,52)70-8-27(39)7-38;;;;;;;;;/h27-36,38-48H,1-26,37H2,(H,49,50)(H,51,52)(H,53,54)(H,55,56)(H,57,58)(H,59,60)(H,61,62)(H,63,64)(H,65,66)(H,67,68);;;;;;;;;/q;9*+1/p-9/t27-,28+,29-,30+,31-,32+,33-,34+,35-,36+;;;;;;;;;/m1........./s1. The fraction of sp³-hybridized carbons (Fsp3) is 1.00. The number of phosphoric ester groups is 10. The molecule has 0 heterocycles. The summed E-state index contributed by atoms with van der Waals surface area (Å²) in [6.45, 7) is -24.0. The van der Waals surface area contributed by atoms with Crippen molar-refractivity contribution in [1.82, 2.24) is 0 Å². The van der Waals surface area contributed by atoms with Gasteiger partial charge in [0.2, 0.25) is 0 Å². The zero-order chi connectivity index (χ0) is 75.3. The van der Waals surface area contributed by atoms with Gasteiger partial charge in [-0.15, -0.1) is 0 Å². The Kier molecular flexibility index (Phi) is 91.8. The monoisotopic (exact) mass is 1850 g/mol. The van der Waals surface area contributed by atoms with Crippen LogP contribution in [-0.2, 0) is 136 Å². The molecule has 590 valence electrons. The molecule has 0 spiro atoms. The molecule has 0 rings (SSSR count). The Bertz CT molecular complexity index is 2750. The van der Waals surface area contributed by atoms with E-state index in [-0.39, 0.29) is 273 Å². The smallest absolute Gasteiger partial charge is 0.756 e. The van der Waals surface area contributed by atoms with Gasteiger partial charge in [-0.25, -0.2) is 4.57 Å². The van der Waals surface area contributed by atoms with Crippen LogP contribution in [0.5, 0.6) is 0 Å². The quantitative estimate of drug-likeness (QED) is 0.0153. The maximum atomic E-state index is 12.1. The normalized spacial score (nSPS) is 20.0. The van der Waals surface area contributed by atoms with Crippen molar-refractivity contribution in [2.45, 2.75) is 86.7 Å². The summed E-state index contributed by atoms with van der Waals surface area (Å²) in [5.74, 6) is 0. The first-order valence-corrected chi connectivity index (χ1v) is 41.7. The Hall–Kier alpha value is 9.62. The summed E-state index contributed by atoms with van der Waals surface area (Å²) in [6, 6.07) is 0. The molecule has 0 fully saturated rings. The molecule has 52 nitrogen and oxygen atoms in total. The van der Waals surface area contributed by atoms with Gasteiger partial charge in [0.15, 0.2) is 0 Å². The van der Waals surface area contributed by atoms with Crippen LogP contribution in [0.3, 0.4) is 0 Å². The van der Waals surface area contributed by atoms with Crippen LogP contribution in [0.2, 0.25) is 0 Å². The van der Waals surface area contributed by atoms with Gasteiger partial charge in [-0.05, 0) is 19.4 Å². The molecule has 0 saturated heterocycles. The van der Waals surface area contributed by atoms with E-state index < -0.39 is 271 Å². The fourth-order valence-electron chi connectivity index (χ4n) is 5.01. The van der Waals surface area contributed by atoms with E-state index in [2.05, 4.69) is 86.0 Å². The Balaban J connectivity index is -0.00000131. The summed E-state index contributed by atoms with van der Waals surface area (Å²) in [5.41, 5.74) is 5.36. The van der Waals surface area contributed by atoms with Gasteiger partial charge in [0.05, 0.1) is 139 Å². The average molecular weight is 1860 g/mol. The van der Waals surface area contributed by atoms with Crippen molar-refractivity contribution < 1.29 is 507 Å². The second kappa shape index (κ2) is 71.6. The topological polar surface area (TPSA) is 832 Å². The third-order valence-corrected chi connectivity index (χ3v) is 19.0. The second-order valence-corrected chi connectivity index (χ2v) is 33.0.